The molecule has 14 heavy (non-hydrogen) atoms. The maximum Gasteiger partial charge on any atom is 0.119 e. The maximum absolute atomic E-state index is 9.59. The van der Waals surface area contributed by atoms with E-state index >= 15 is 0 Å². The van der Waals surface area contributed by atoms with Gasteiger partial charge in [-0.25, -0.2) is 0 Å². The van der Waals surface area contributed by atoms with E-state index in [4.69, 9.17) is 0 Å². The van der Waals surface area contributed by atoms with E-state index in [1.54, 1.807) is 0 Å². The second kappa shape index (κ2) is 5.69. The largest absolute Gasteiger partial charge is 0.508 e. The van der Waals surface area contributed by atoms with Crippen LogP contribution in [0.2, 0.25) is 0 Å². The van der Waals surface area contributed by atoms with Crippen molar-refractivity contribution < 1.29 is 5.11 Å². The summed E-state index contributed by atoms with van der Waals surface area (Å²) >= 11 is 0. The van der Waals surface area contributed by atoms with Crippen LogP contribution in [0.4, 0.5) is 0 Å². The highest BCUT2D eigenvalue weighted by Gasteiger charge is 2.06. The van der Waals surface area contributed by atoms with E-state index in [1.807, 2.05) is 26.8 Å². The van der Waals surface area contributed by atoms with Crippen LogP contribution in [0.3, 0.4) is 0 Å². The fourth-order valence-electron chi connectivity index (χ4n) is 1.29. The Bertz CT molecular complexity index is 288. The summed E-state index contributed by atoms with van der Waals surface area (Å²) in [7, 11) is 0. The van der Waals surface area contributed by atoms with Gasteiger partial charge in [-0.3, -0.25) is 0 Å². The zero-order valence-electron chi connectivity index (χ0n) is 10.2. The van der Waals surface area contributed by atoms with Crippen LogP contribution in [0.5, 0.6) is 5.75 Å². The lowest BCUT2D eigenvalue weighted by Crippen LogP contribution is -1.91. The smallest absolute Gasteiger partial charge is 0.119 e. The first-order chi connectivity index (χ1) is 6.52. The van der Waals surface area contributed by atoms with Crippen LogP contribution in [0.1, 0.15) is 50.3 Å². The molecule has 1 heteroatoms. The SMILES string of the molecule is CC.Cc1cc(O)c(C(C)C)cc1C. The van der Waals surface area contributed by atoms with Gasteiger partial charge in [0.05, 0.1) is 0 Å². The van der Waals surface area contributed by atoms with Gasteiger partial charge in [0.2, 0.25) is 0 Å². The molecule has 1 aromatic carbocycles. The fourth-order valence-corrected chi connectivity index (χ4v) is 1.29. The topological polar surface area (TPSA) is 20.2 Å². The molecule has 0 spiro atoms. The molecule has 0 aliphatic carbocycles. The van der Waals surface area contributed by atoms with E-state index in [9.17, 15) is 5.11 Å². The third-order valence-corrected chi connectivity index (χ3v) is 2.27. The predicted octanol–water partition coefficient (Wildman–Crippen LogP) is 4.16. The average molecular weight is 194 g/mol. The van der Waals surface area contributed by atoms with Crippen molar-refractivity contribution in [2.75, 3.05) is 0 Å². The number of aryl methyl sites for hydroxylation is 2. The van der Waals surface area contributed by atoms with E-state index < -0.39 is 0 Å². The third kappa shape index (κ3) is 3.06. The van der Waals surface area contributed by atoms with Crippen molar-refractivity contribution >= 4 is 0 Å². The molecule has 0 unspecified atom stereocenters. The van der Waals surface area contributed by atoms with Gasteiger partial charge >= 0.3 is 0 Å². The first-order valence-corrected chi connectivity index (χ1v) is 5.32. The lowest BCUT2D eigenvalue weighted by molar-refractivity contribution is 0.464. The monoisotopic (exact) mass is 194 g/mol. The Morgan fingerprint density at radius 1 is 1.00 bits per heavy atom. The van der Waals surface area contributed by atoms with Gasteiger partial charge in [0.15, 0.2) is 0 Å². The molecule has 0 saturated carbocycles. The van der Waals surface area contributed by atoms with Gasteiger partial charge < -0.3 is 5.11 Å². The lowest BCUT2D eigenvalue weighted by atomic mass is 9.97. The van der Waals surface area contributed by atoms with Crippen LogP contribution < -0.4 is 0 Å². The molecule has 0 bridgehead atoms. The summed E-state index contributed by atoms with van der Waals surface area (Å²) in [5.41, 5.74) is 3.44. The summed E-state index contributed by atoms with van der Waals surface area (Å²) in [6.45, 7) is 12.3. The van der Waals surface area contributed by atoms with Crippen LogP contribution >= 0.6 is 0 Å². The summed E-state index contributed by atoms with van der Waals surface area (Å²) in [6.07, 6.45) is 0. The summed E-state index contributed by atoms with van der Waals surface area (Å²) in [5, 5.41) is 9.59. The van der Waals surface area contributed by atoms with Crippen LogP contribution in [0.15, 0.2) is 12.1 Å². The number of rotatable bonds is 1. The fraction of sp³-hybridized carbons (Fsp3) is 0.538. The molecule has 0 atom stereocenters. The number of phenols is 1. The van der Waals surface area contributed by atoms with E-state index in [2.05, 4.69) is 26.8 Å². The van der Waals surface area contributed by atoms with Crippen molar-refractivity contribution in [1.82, 2.24) is 0 Å². The average Bonchev–Trinajstić information content (AvgIpc) is 2.14. The Kier molecular flexibility index (Phi) is 5.29. The van der Waals surface area contributed by atoms with Crippen molar-refractivity contribution in [2.24, 2.45) is 0 Å². The van der Waals surface area contributed by atoms with Gasteiger partial charge in [0.25, 0.3) is 0 Å². The molecule has 0 saturated heterocycles. The molecule has 1 nitrogen and oxygen atoms in total. The van der Waals surface area contributed by atoms with E-state index in [0.29, 0.717) is 11.7 Å². The molecule has 0 heterocycles. The molecule has 0 aliphatic heterocycles. The maximum atomic E-state index is 9.59. The Labute approximate surface area is 87.8 Å². The van der Waals surface area contributed by atoms with Crippen molar-refractivity contribution in [2.45, 2.75) is 47.5 Å². The van der Waals surface area contributed by atoms with Crippen molar-refractivity contribution in [3.63, 3.8) is 0 Å². The normalized spacial score (nSPS) is 9.64. The first kappa shape index (κ1) is 13.0. The highest BCUT2D eigenvalue weighted by atomic mass is 16.3. The number of hydrogen-bond acceptors (Lipinski definition) is 1. The van der Waals surface area contributed by atoms with Gasteiger partial charge in [-0.2, -0.15) is 0 Å². The zero-order valence-corrected chi connectivity index (χ0v) is 10.2. The van der Waals surface area contributed by atoms with E-state index in [1.165, 1.54) is 5.56 Å². The highest BCUT2D eigenvalue weighted by Crippen LogP contribution is 2.27. The molecular weight excluding hydrogens is 172 g/mol. The van der Waals surface area contributed by atoms with E-state index in [0.717, 1.165) is 11.1 Å². The van der Waals surface area contributed by atoms with Crippen molar-refractivity contribution in [3.8, 4) is 5.75 Å². The number of hydrogen-bond donors (Lipinski definition) is 1. The van der Waals surface area contributed by atoms with Crippen LogP contribution in [0, 0.1) is 13.8 Å². The Balaban J connectivity index is 0.000000791. The molecule has 1 N–H and O–H groups in total. The summed E-state index contributed by atoms with van der Waals surface area (Å²) < 4.78 is 0. The van der Waals surface area contributed by atoms with Gasteiger partial charge in [0.1, 0.15) is 5.75 Å². The molecule has 0 aliphatic rings. The molecule has 0 radical (unpaired) electrons. The van der Waals surface area contributed by atoms with Crippen LogP contribution in [-0.2, 0) is 0 Å². The highest BCUT2D eigenvalue weighted by molar-refractivity contribution is 5.42. The molecule has 0 aromatic heterocycles. The standard InChI is InChI=1S/C11H16O.C2H6/c1-7(2)10-5-8(3)9(4)6-11(10)12;1-2/h5-7,12H,1-4H3;1-2H3. The zero-order chi connectivity index (χ0) is 11.3. The summed E-state index contributed by atoms with van der Waals surface area (Å²) in [5.74, 6) is 0.817. The van der Waals surface area contributed by atoms with Gasteiger partial charge in [-0.05, 0) is 42.5 Å². The van der Waals surface area contributed by atoms with E-state index in [-0.39, 0.29) is 0 Å². The van der Waals surface area contributed by atoms with Crippen molar-refractivity contribution in [3.05, 3.63) is 28.8 Å². The molecule has 1 aromatic rings. The second-order valence-corrected chi connectivity index (χ2v) is 3.65. The van der Waals surface area contributed by atoms with Crippen LogP contribution in [-0.4, -0.2) is 5.11 Å². The molecule has 1 rings (SSSR count). The van der Waals surface area contributed by atoms with Gasteiger partial charge in [0, 0.05) is 0 Å². The summed E-state index contributed by atoms with van der Waals surface area (Å²) in [4.78, 5) is 0. The minimum absolute atomic E-state index is 0.393. The Hall–Kier alpha value is -0.980. The first-order valence-electron chi connectivity index (χ1n) is 5.32. The lowest BCUT2D eigenvalue weighted by Gasteiger charge is -2.10. The number of benzene rings is 1. The van der Waals surface area contributed by atoms with Gasteiger partial charge in [-0.15, -0.1) is 0 Å². The molecule has 80 valence electrons. The van der Waals surface area contributed by atoms with Crippen molar-refractivity contribution in [1.29, 1.82) is 0 Å². The quantitative estimate of drug-likeness (QED) is 0.711. The molecular formula is C13H22O. The summed E-state index contributed by atoms with van der Waals surface area (Å²) in [6, 6.07) is 3.90. The number of aromatic hydroxyl groups is 1. The Morgan fingerprint density at radius 2 is 1.43 bits per heavy atom. The molecule has 0 fully saturated rings. The second-order valence-electron chi connectivity index (χ2n) is 3.65. The number of phenolic OH excluding ortho intramolecular Hbond substituents is 1. The predicted molar refractivity (Wildman–Crippen MR) is 63.0 cm³/mol. The van der Waals surface area contributed by atoms with Crippen LogP contribution in [0.25, 0.3) is 0 Å². The minimum Gasteiger partial charge on any atom is -0.508 e. The Morgan fingerprint density at radius 3 is 1.86 bits per heavy atom. The molecule has 0 amide bonds. The third-order valence-electron chi connectivity index (χ3n) is 2.27. The van der Waals surface area contributed by atoms with Gasteiger partial charge in [-0.1, -0.05) is 33.8 Å². The minimum atomic E-state index is 0.393.